The van der Waals surface area contributed by atoms with Crippen LogP contribution in [0.15, 0.2) is 40.8 Å². The number of nitrogens with zero attached hydrogens (tertiary/aromatic N) is 1. The van der Waals surface area contributed by atoms with Gasteiger partial charge in [-0.25, -0.2) is 0 Å². The number of benzene rings is 2. The van der Waals surface area contributed by atoms with Gasteiger partial charge in [0.05, 0.1) is 13.2 Å². The molecular weight excluding hydrogens is 320 g/mol. The van der Waals surface area contributed by atoms with E-state index in [9.17, 15) is 9.59 Å². The van der Waals surface area contributed by atoms with E-state index in [0.717, 1.165) is 21.7 Å². The zero-order valence-corrected chi connectivity index (χ0v) is 13.8. The number of aryl methyl sites for hydroxylation is 1. The first kappa shape index (κ1) is 15.7. The van der Waals surface area contributed by atoms with Crippen LogP contribution in [0.25, 0.3) is 21.7 Å². The molecule has 0 bridgehead atoms. The lowest BCUT2D eigenvalue weighted by Crippen LogP contribution is -2.50. The highest BCUT2D eigenvalue weighted by Crippen LogP contribution is 2.32. The first-order chi connectivity index (χ1) is 12.1. The van der Waals surface area contributed by atoms with Crippen molar-refractivity contribution >= 4 is 33.6 Å². The molecule has 6 nitrogen and oxygen atoms in total. The maximum atomic E-state index is 12.9. The normalized spacial score (nSPS) is 18.0. The van der Waals surface area contributed by atoms with Crippen LogP contribution >= 0.6 is 0 Å². The highest BCUT2D eigenvalue weighted by atomic mass is 16.5. The van der Waals surface area contributed by atoms with Gasteiger partial charge < -0.3 is 19.8 Å². The lowest BCUT2D eigenvalue weighted by atomic mass is 10.1. The first-order valence-electron chi connectivity index (χ1n) is 8.17. The molecule has 1 saturated heterocycles. The average molecular weight is 338 g/mol. The summed E-state index contributed by atoms with van der Waals surface area (Å²) < 4.78 is 11.3. The quantitative estimate of drug-likeness (QED) is 0.776. The fourth-order valence-electron chi connectivity index (χ4n) is 3.30. The Balaban J connectivity index is 1.76. The highest BCUT2D eigenvalue weighted by Gasteiger charge is 2.31. The number of carbonyl (C=O) groups is 2. The van der Waals surface area contributed by atoms with Crippen molar-refractivity contribution in [2.45, 2.75) is 13.0 Å². The van der Waals surface area contributed by atoms with E-state index in [1.807, 2.05) is 43.3 Å². The maximum absolute atomic E-state index is 12.9. The summed E-state index contributed by atoms with van der Waals surface area (Å²) in [5.74, 6) is -0.506. The Labute approximate surface area is 144 Å². The third kappa shape index (κ3) is 2.55. The number of carbonyl (C=O) groups excluding carboxylic acids is 2. The van der Waals surface area contributed by atoms with Crippen LogP contribution in [-0.2, 0) is 9.53 Å². The topological polar surface area (TPSA) is 85.8 Å². The van der Waals surface area contributed by atoms with Crippen molar-refractivity contribution in [3.63, 3.8) is 0 Å². The molecule has 0 saturated carbocycles. The van der Waals surface area contributed by atoms with Crippen molar-refractivity contribution in [1.29, 1.82) is 0 Å². The number of rotatable bonds is 2. The van der Waals surface area contributed by atoms with Crippen molar-refractivity contribution in [3.8, 4) is 0 Å². The van der Waals surface area contributed by atoms with Crippen molar-refractivity contribution in [1.82, 2.24) is 4.90 Å². The Kier molecular flexibility index (Phi) is 3.69. The van der Waals surface area contributed by atoms with Crippen molar-refractivity contribution in [3.05, 3.63) is 47.7 Å². The van der Waals surface area contributed by atoms with Gasteiger partial charge in [-0.1, -0.05) is 36.4 Å². The fourth-order valence-corrected chi connectivity index (χ4v) is 3.30. The number of fused-ring (bicyclic) bond motifs is 3. The van der Waals surface area contributed by atoms with Crippen molar-refractivity contribution < 1.29 is 18.7 Å². The zero-order valence-electron chi connectivity index (χ0n) is 13.8. The van der Waals surface area contributed by atoms with Crippen LogP contribution < -0.4 is 5.73 Å². The molecule has 0 radical (unpaired) electrons. The molecule has 25 heavy (non-hydrogen) atoms. The van der Waals surface area contributed by atoms with Gasteiger partial charge in [-0.05, 0) is 12.3 Å². The molecule has 0 aliphatic carbocycles. The van der Waals surface area contributed by atoms with Gasteiger partial charge in [-0.2, -0.15) is 0 Å². The Bertz CT molecular complexity index is 992. The number of ether oxygens (including phenoxy) is 1. The summed E-state index contributed by atoms with van der Waals surface area (Å²) in [7, 11) is 0. The van der Waals surface area contributed by atoms with E-state index < -0.39 is 12.0 Å². The number of furan rings is 1. The first-order valence-corrected chi connectivity index (χ1v) is 8.17. The molecule has 2 heterocycles. The molecule has 6 heteroatoms. The highest BCUT2D eigenvalue weighted by molar-refractivity contribution is 6.09. The van der Waals surface area contributed by atoms with Crippen LogP contribution in [0, 0.1) is 6.92 Å². The largest absolute Gasteiger partial charge is 0.450 e. The Morgan fingerprint density at radius 3 is 2.76 bits per heavy atom. The summed E-state index contributed by atoms with van der Waals surface area (Å²) in [4.78, 5) is 25.8. The van der Waals surface area contributed by atoms with Gasteiger partial charge in [0.25, 0.3) is 5.91 Å². The Hall–Kier alpha value is -2.86. The zero-order chi connectivity index (χ0) is 17.6. The third-order valence-corrected chi connectivity index (χ3v) is 4.69. The van der Waals surface area contributed by atoms with E-state index >= 15 is 0 Å². The smallest absolute Gasteiger partial charge is 0.290 e. The van der Waals surface area contributed by atoms with E-state index in [1.54, 1.807) is 4.90 Å². The minimum atomic E-state index is -0.775. The SMILES string of the molecule is Cc1c(C(=O)N2CCOC(C(N)=O)C2)oc2c1ccc1ccccc12. The lowest BCUT2D eigenvalue weighted by Gasteiger charge is -2.30. The summed E-state index contributed by atoms with van der Waals surface area (Å²) >= 11 is 0. The molecule has 1 aromatic heterocycles. The van der Waals surface area contributed by atoms with Gasteiger partial charge in [0, 0.05) is 22.9 Å². The number of hydrogen-bond acceptors (Lipinski definition) is 4. The fraction of sp³-hybridized carbons (Fsp3) is 0.263. The minimum Gasteiger partial charge on any atom is -0.450 e. The average Bonchev–Trinajstić information content (AvgIpc) is 2.98. The summed E-state index contributed by atoms with van der Waals surface area (Å²) in [5, 5.41) is 2.95. The van der Waals surface area contributed by atoms with Crippen LogP contribution in [0.1, 0.15) is 16.1 Å². The number of amides is 2. The molecule has 1 aliphatic heterocycles. The van der Waals surface area contributed by atoms with Gasteiger partial charge in [-0.3, -0.25) is 9.59 Å². The predicted octanol–water partition coefficient (Wildman–Crippen LogP) is 2.22. The van der Waals surface area contributed by atoms with Gasteiger partial charge >= 0.3 is 0 Å². The number of hydrogen-bond donors (Lipinski definition) is 1. The lowest BCUT2D eigenvalue weighted by molar-refractivity contribution is -0.133. The standard InChI is InChI=1S/C19H18N2O4/c1-11-13-7-6-12-4-2-3-5-14(12)17(13)25-16(11)19(23)21-8-9-24-15(10-21)18(20)22/h2-7,15H,8-10H2,1H3,(H2,20,22). The molecular formula is C19H18N2O4. The molecule has 1 unspecified atom stereocenters. The molecule has 4 rings (SSSR count). The molecule has 2 N–H and O–H groups in total. The summed E-state index contributed by atoms with van der Waals surface area (Å²) in [6, 6.07) is 11.9. The summed E-state index contributed by atoms with van der Waals surface area (Å²) in [5.41, 5.74) is 6.80. The Morgan fingerprint density at radius 1 is 1.16 bits per heavy atom. The van der Waals surface area contributed by atoms with E-state index in [1.165, 1.54) is 0 Å². The van der Waals surface area contributed by atoms with E-state index in [-0.39, 0.29) is 19.1 Å². The minimum absolute atomic E-state index is 0.144. The van der Waals surface area contributed by atoms with Crippen LogP contribution in [0.3, 0.4) is 0 Å². The van der Waals surface area contributed by atoms with Gasteiger partial charge in [0.2, 0.25) is 5.91 Å². The second-order valence-corrected chi connectivity index (χ2v) is 6.23. The molecule has 128 valence electrons. The van der Waals surface area contributed by atoms with E-state index in [0.29, 0.717) is 17.9 Å². The number of morpholine rings is 1. The monoisotopic (exact) mass is 338 g/mol. The van der Waals surface area contributed by atoms with E-state index in [2.05, 4.69) is 0 Å². The van der Waals surface area contributed by atoms with Crippen molar-refractivity contribution in [2.24, 2.45) is 5.73 Å². The van der Waals surface area contributed by atoms with Crippen molar-refractivity contribution in [2.75, 3.05) is 19.7 Å². The van der Waals surface area contributed by atoms with Crippen LogP contribution in [0.4, 0.5) is 0 Å². The molecule has 0 spiro atoms. The van der Waals surface area contributed by atoms with Crippen LogP contribution in [0.2, 0.25) is 0 Å². The summed E-state index contributed by atoms with van der Waals surface area (Å²) in [6.45, 7) is 2.70. The van der Waals surface area contributed by atoms with E-state index in [4.69, 9.17) is 14.9 Å². The number of primary amides is 1. The molecule has 1 fully saturated rings. The maximum Gasteiger partial charge on any atom is 0.290 e. The molecule has 2 amide bonds. The van der Waals surface area contributed by atoms with Crippen LogP contribution in [0.5, 0.6) is 0 Å². The molecule has 1 atom stereocenters. The molecule has 3 aromatic rings. The predicted molar refractivity (Wildman–Crippen MR) is 93.3 cm³/mol. The van der Waals surface area contributed by atoms with Gasteiger partial charge in [0.1, 0.15) is 5.58 Å². The Morgan fingerprint density at radius 2 is 1.96 bits per heavy atom. The second kappa shape index (κ2) is 5.89. The molecule has 2 aromatic carbocycles. The second-order valence-electron chi connectivity index (χ2n) is 6.23. The number of nitrogens with two attached hydrogens (primary N) is 1. The van der Waals surface area contributed by atoms with Gasteiger partial charge in [-0.15, -0.1) is 0 Å². The molecule has 1 aliphatic rings. The van der Waals surface area contributed by atoms with Crippen LogP contribution in [-0.4, -0.2) is 42.5 Å². The third-order valence-electron chi connectivity index (χ3n) is 4.69. The summed E-state index contributed by atoms with van der Waals surface area (Å²) in [6.07, 6.45) is -0.775. The van der Waals surface area contributed by atoms with Gasteiger partial charge in [0.15, 0.2) is 11.9 Å².